The number of nitrogens with one attached hydrogen (secondary N) is 2. The second kappa shape index (κ2) is 8.67. The molecule has 0 bridgehead atoms. The first-order valence-electron chi connectivity index (χ1n) is 6.85. The average molecular weight is 257 g/mol. The van der Waals surface area contributed by atoms with Crippen LogP contribution in [0.25, 0.3) is 0 Å². The van der Waals surface area contributed by atoms with Crippen molar-refractivity contribution in [2.75, 3.05) is 25.1 Å². The summed E-state index contributed by atoms with van der Waals surface area (Å²) < 4.78 is 0. The number of guanidine groups is 1. The normalized spacial score (nSPS) is 21.6. The quantitative estimate of drug-likeness (QED) is 0.587. The summed E-state index contributed by atoms with van der Waals surface area (Å²) in [4.78, 5) is 4.31. The van der Waals surface area contributed by atoms with Crippen molar-refractivity contribution in [2.24, 2.45) is 10.9 Å². The summed E-state index contributed by atoms with van der Waals surface area (Å²) in [6.07, 6.45) is 5.07. The summed E-state index contributed by atoms with van der Waals surface area (Å²) in [5.74, 6) is 4.27. The van der Waals surface area contributed by atoms with Crippen molar-refractivity contribution in [3.8, 4) is 0 Å². The topological polar surface area (TPSA) is 36.4 Å². The molecule has 3 nitrogen and oxygen atoms in total. The molecule has 4 heteroatoms. The highest BCUT2D eigenvalue weighted by molar-refractivity contribution is 7.99. The van der Waals surface area contributed by atoms with E-state index in [0.29, 0.717) is 6.04 Å². The van der Waals surface area contributed by atoms with Gasteiger partial charge in [0.25, 0.3) is 0 Å². The lowest BCUT2D eigenvalue weighted by Crippen LogP contribution is -2.46. The van der Waals surface area contributed by atoms with E-state index in [1.165, 1.54) is 37.2 Å². The summed E-state index contributed by atoms with van der Waals surface area (Å²) in [5.41, 5.74) is 0. The van der Waals surface area contributed by atoms with E-state index in [0.717, 1.165) is 18.4 Å². The number of thioether (sulfide) groups is 1. The van der Waals surface area contributed by atoms with Gasteiger partial charge in [0.2, 0.25) is 0 Å². The first kappa shape index (κ1) is 14.7. The number of aliphatic imine (C=N–C) groups is 1. The van der Waals surface area contributed by atoms with E-state index < -0.39 is 0 Å². The van der Waals surface area contributed by atoms with E-state index >= 15 is 0 Å². The number of rotatable bonds is 5. The van der Waals surface area contributed by atoms with Gasteiger partial charge in [0.1, 0.15) is 0 Å². The van der Waals surface area contributed by atoms with Gasteiger partial charge in [-0.1, -0.05) is 26.7 Å². The molecule has 1 aliphatic heterocycles. The van der Waals surface area contributed by atoms with Crippen molar-refractivity contribution in [1.82, 2.24) is 10.6 Å². The van der Waals surface area contributed by atoms with Gasteiger partial charge in [-0.25, -0.2) is 0 Å². The van der Waals surface area contributed by atoms with E-state index in [-0.39, 0.29) is 0 Å². The predicted octanol–water partition coefficient (Wildman–Crippen LogP) is 2.48. The maximum absolute atomic E-state index is 4.31. The Hall–Kier alpha value is -0.380. The molecule has 1 heterocycles. The zero-order valence-corrected chi connectivity index (χ0v) is 12.3. The monoisotopic (exact) mass is 257 g/mol. The van der Waals surface area contributed by atoms with Crippen LogP contribution in [0, 0.1) is 5.92 Å². The van der Waals surface area contributed by atoms with Crippen molar-refractivity contribution in [3.05, 3.63) is 0 Å². The molecule has 0 aromatic rings. The summed E-state index contributed by atoms with van der Waals surface area (Å²) >= 11 is 2.04. The Labute approximate surface area is 110 Å². The first-order valence-corrected chi connectivity index (χ1v) is 8.00. The zero-order valence-electron chi connectivity index (χ0n) is 11.5. The predicted molar refractivity (Wildman–Crippen MR) is 78.9 cm³/mol. The molecule has 0 aromatic heterocycles. The summed E-state index contributed by atoms with van der Waals surface area (Å²) in [7, 11) is 1.86. The van der Waals surface area contributed by atoms with Crippen LogP contribution in [-0.4, -0.2) is 37.1 Å². The lowest BCUT2D eigenvalue weighted by molar-refractivity contribution is 0.477. The van der Waals surface area contributed by atoms with Crippen LogP contribution in [0.5, 0.6) is 0 Å². The van der Waals surface area contributed by atoms with Gasteiger partial charge in [-0.15, -0.1) is 0 Å². The number of hydrogen-bond donors (Lipinski definition) is 2. The van der Waals surface area contributed by atoms with Crippen LogP contribution >= 0.6 is 11.8 Å². The van der Waals surface area contributed by atoms with E-state index in [1.54, 1.807) is 0 Å². The molecule has 1 fully saturated rings. The van der Waals surface area contributed by atoms with Crippen molar-refractivity contribution in [1.29, 1.82) is 0 Å². The van der Waals surface area contributed by atoms with E-state index in [2.05, 4.69) is 29.5 Å². The molecule has 1 rings (SSSR count). The number of hydrogen-bond acceptors (Lipinski definition) is 2. The minimum Gasteiger partial charge on any atom is -0.356 e. The van der Waals surface area contributed by atoms with Crippen LogP contribution in [0.3, 0.4) is 0 Å². The van der Waals surface area contributed by atoms with Gasteiger partial charge in [0, 0.05) is 25.4 Å². The van der Waals surface area contributed by atoms with Crippen LogP contribution in [-0.2, 0) is 0 Å². The van der Waals surface area contributed by atoms with Gasteiger partial charge < -0.3 is 10.6 Å². The molecule has 1 atom stereocenters. The average Bonchev–Trinajstić information content (AvgIpc) is 2.39. The Morgan fingerprint density at radius 3 is 2.71 bits per heavy atom. The van der Waals surface area contributed by atoms with Crippen molar-refractivity contribution >= 4 is 17.7 Å². The zero-order chi connectivity index (χ0) is 12.5. The van der Waals surface area contributed by atoms with Gasteiger partial charge in [0.15, 0.2) is 5.96 Å². The maximum atomic E-state index is 4.31. The highest BCUT2D eigenvalue weighted by Gasteiger charge is 2.15. The first-order chi connectivity index (χ1) is 8.30. The molecule has 1 aliphatic rings. The molecule has 1 saturated heterocycles. The van der Waals surface area contributed by atoms with E-state index in [9.17, 15) is 0 Å². The largest absolute Gasteiger partial charge is 0.356 e. The Morgan fingerprint density at radius 2 is 2.18 bits per heavy atom. The van der Waals surface area contributed by atoms with Gasteiger partial charge >= 0.3 is 0 Å². The third-order valence-electron chi connectivity index (χ3n) is 3.44. The third-order valence-corrected chi connectivity index (χ3v) is 4.65. The van der Waals surface area contributed by atoms with Gasteiger partial charge in [-0.05, 0) is 24.5 Å². The van der Waals surface area contributed by atoms with Crippen LogP contribution < -0.4 is 10.6 Å². The molecule has 0 aromatic carbocycles. The second-order valence-corrected chi connectivity index (χ2v) is 5.84. The van der Waals surface area contributed by atoms with Crippen LogP contribution in [0.15, 0.2) is 4.99 Å². The van der Waals surface area contributed by atoms with Crippen molar-refractivity contribution in [3.63, 3.8) is 0 Å². The number of nitrogens with zero attached hydrogens (tertiary/aromatic N) is 1. The van der Waals surface area contributed by atoms with Gasteiger partial charge in [0.05, 0.1) is 0 Å². The second-order valence-electron chi connectivity index (χ2n) is 4.69. The molecule has 1 unspecified atom stereocenters. The highest BCUT2D eigenvalue weighted by atomic mass is 32.2. The SMILES string of the molecule is CCC(CC)CNC(=NC)NC1CCCSC1. The van der Waals surface area contributed by atoms with E-state index in [4.69, 9.17) is 0 Å². The standard InChI is InChI=1S/C13H27N3S/c1-4-11(5-2)9-15-13(14-3)16-12-7-6-8-17-10-12/h11-12H,4-10H2,1-3H3,(H2,14,15,16). The van der Waals surface area contributed by atoms with Crippen LogP contribution in [0.2, 0.25) is 0 Å². The molecule has 0 spiro atoms. The molecule has 0 saturated carbocycles. The molecule has 2 N–H and O–H groups in total. The minimum atomic E-state index is 0.599. The lowest BCUT2D eigenvalue weighted by Gasteiger charge is -2.25. The van der Waals surface area contributed by atoms with Gasteiger partial charge in [-0.2, -0.15) is 11.8 Å². The molecule has 0 amide bonds. The third kappa shape index (κ3) is 5.66. The van der Waals surface area contributed by atoms with Crippen LogP contribution in [0.1, 0.15) is 39.5 Å². The Kier molecular flexibility index (Phi) is 7.49. The lowest BCUT2D eigenvalue weighted by atomic mass is 10.0. The highest BCUT2D eigenvalue weighted by Crippen LogP contribution is 2.16. The molecule has 0 aliphatic carbocycles. The van der Waals surface area contributed by atoms with Crippen molar-refractivity contribution < 1.29 is 0 Å². The maximum Gasteiger partial charge on any atom is 0.191 e. The molecular formula is C13H27N3S. The Balaban J connectivity index is 2.28. The molecule has 17 heavy (non-hydrogen) atoms. The smallest absolute Gasteiger partial charge is 0.191 e. The Morgan fingerprint density at radius 1 is 1.41 bits per heavy atom. The van der Waals surface area contributed by atoms with E-state index in [1.807, 2.05) is 18.8 Å². The summed E-state index contributed by atoms with van der Waals surface area (Å²) in [5, 5.41) is 6.98. The summed E-state index contributed by atoms with van der Waals surface area (Å²) in [6, 6.07) is 0.599. The Bertz CT molecular complexity index is 221. The summed E-state index contributed by atoms with van der Waals surface area (Å²) in [6.45, 7) is 5.54. The van der Waals surface area contributed by atoms with Crippen LogP contribution in [0.4, 0.5) is 0 Å². The van der Waals surface area contributed by atoms with Crippen molar-refractivity contribution in [2.45, 2.75) is 45.6 Å². The molecular weight excluding hydrogens is 230 g/mol. The molecule has 0 radical (unpaired) electrons. The minimum absolute atomic E-state index is 0.599. The fourth-order valence-corrected chi connectivity index (χ4v) is 3.13. The van der Waals surface area contributed by atoms with Gasteiger partial charge in [-0.3, -0.25) is 4.99 Å². The molecule has 100 valence electrons. The fraction of sp³-hybridized carbons (Fsp3) is 0.923. The fourth-order valence-electron chi connectivity index (χ4n) is 2.06.